The molecule has 1 saturated heterocycles. The van der Waals surface area contributed by atoms with Crippen LogP contribution in [0.5, 0.6) is 0 Å². The van der Waals surface area contributed by atoms with Crippen LogP contribution < -0.4 is 22.4 Å². The molecule has 0 aromatic rings. The van der Waals surface area contributed by atoms with Crippen molar-refractivity contribution in [1.82, 2.24) is 5.01 Å². The SMILES string of the molecule is CCCCCCCCCCCCCC[NH2+]N1CCOCC1.[Br-]. The van der Waals surface area contributed by atoms with E-state index in [1.165, 1.54) is 83.6 Å². The van der Waals surface area contributed by atoms with Gasteiger partial charge in [-0.2, -0.15) is 5.01 Å². The van der Waals surface area contributed by atoms with Crippen molar-refractivity contribution in [3.8, 4) is 0 Å². The largest absolute Gasteiger partial charge is 1.00 e. The molecule has 0 atom stereocenters. The minimum absolute atomic E-state index is 0. The number of halogens is 1. The van der Waals surface area contributed by atoms with Gasteiger partial charge in [-0.15, -0.1) is 0 Å². The number of hydrogen-bond donors (Lipinski definition) is 1. The van der Waals surface area contributed by atoms with Gasteiger partial charge in [-0.3, -0.25) is 5.43 Å². The second-order valence-electron chi connectivity index (χ2n) is 6.51. The van der Waals surface area contributed by atoms with Crippen molar-refractivity contribution in [2.24, 2.45) is 0 Å². The third kappa shape index (κ3) is 14.0. The van der Waals surface area contributed by atoms with E-state index in [9.17, 15) is 0 Å². The first-order valence-electron chi connectivity index (χ1n) is 9.58. The number of nitrogens with zero attached hydrogens (tertiary/aromatic N) is 1. The van der Waals surface area contributed by atoms with Gasteiger partial charge in [0, 0.05) is 0 Å². The molecule has 134 valence electrons. The molecular formula is C18H39BrN2O. The van der Waals surface area contributed by atoms with Crippen molar-refractivity contribution in [1.29, 1.82) is 0 Å². The Kier molecular flexibility index (Phi) is 18.0. The van der Waals surface area contributed by atoms with E-state index in [0.717, 1.165) is 26.3 Å². The van der Waals surface area contributed by atoms with Gasteiger partial charge in [0.2, 0.25) is 0 Å². The third-order valence-electron chi connectivity index (χ3n) is 4.49. The lowest BCUT2D eigenvalue weighted by molar-refractivity contribution is -0.806. The summed E-state index contributed by atoms with van der Waals surface area (Å²) < 4.78 is 5.36. The van der Waals surface area contributed by atoms with Gasteiger partial charge in [-0.25, -0.2) is 0 Å². The summed E-state index contributed by atoms with van der Waals surface area (Å²) in [6.07, 6.45) is 17.2. The van der Waals surface area contributed by atoms with Crippen LogP contribution in [0.1, 0.15) is 84.0 Å². The maximum atomic E-state index is 5.36. The highest BCUT2D eigenvalue weighted by atomic mass is 79.9. The zero-order valence-electron chi connectivity index (χ0n) is 14.8. The maximum absolute atomic E-state index is 5.36. The van der Waals surface area contributed by atoms with E-state index in [1.807, 2.05) is 0 Å². The van der Waals surface area contributed by atoms with Gasteiger partial charge in [0.1, 0.15) is 0 Å². The summed E-state index contributed by atoms with van der Waals surface area (Å²) in [5.41, 5.74) is 2.40. The maximum Gasteiger partial charge on any atom is 0.0931 e. The molecule has 1 aliphatic rings. The van der Waals surface area contributed by atoms with Crippen LogP contribution in [0.4, 0.5) is 0 Å². The molecule has 0 bridgehead atoms. The third-order valence-corrected chi connectivity index (χ3v) is 4.49. The van der Waals surface area contributed by atoms with Crippen molar-refractivity contribution in [3.05, 3.63) is 0 Å². The fraction of sp³-hybridized carbons (Fsp3) is 1.00. The zero-order valence-corrected chi connectivity index (χ0v) is 16.4. The van der Waals surface area contributed by atoms with Gasteiger partial charge >= 0.3 is 0 Å². The average Bonchev–Trinajstić information content (AvgIpc) is 2.53. The molecule has 0 aromatic heterocycles. The number of unbranched alkanes of at least 4 members (excludes halogenated alkanes) is 11. The molecule has 0 aromatic carbocycles. The van der Waals surface area contributed by atoms with Crippen LogP contribution in [-0.2, 0) is 4.74 Å². The summed E-state index contributed by atoms with van der Waals surface area (Å²) in [5.74, 6) is 0. The Morgan fingerprint density at radius 2 is 1.18 bits per heavy atom. The Labute approximate surface area is 149 Å². The first kappa shape index (κ1) is 22.4. The molecule has 2 N–H and O–H groups in total. The van der Waals surface area contributed by atoms with Gasteiger partial charge < -0.3 is 21.7 Å². The predicted molar refractivity (Wildman–Crippen MR) is 90.3 cm³/mol. The zero-order chi connectivity index (χ0) is 15.0. The molecular weight excluding hydrogens is 340 g/mol. The van der Waals surface area contributed by atoms with Crippen molar-refractivity contribution in [2.75, 3.05) is 32.8 Å². The molecule has 1 aliphatic heterocycles. The van der Waals surface area contributed by atoms with E-state index in [2.05, 4.69) is 17.4 Å². The number of hydrogen-bond acceptors (Lipinski definition) is 2. The molecule has 1 heterocycles. The standard InChI is InChI=1S/C18H38N2O.BrH/c1-2-3-4-5-6-7-8-9-10-11-12-13-14-19-20-15-17-21-18-16-20;/h19H,2-18H2,1H3;1H. The fourth-order valence-corrected chi connectivity index (χ4v) is 3.02. The molecule has 0 amide bonds. The molecule has 1 fully saturated rings. The summed E-state index contributed by atoms with van der Waals surface area (Å²) >= 11 is 0. The summed E-state index contributed by atoms with van der Waals surface area (Å²) in [6, 6.07) is 0. The smallest absolute Gasteiger partial charge is 0.0931 e. The molecule has 0 unspecified atom stereocenters. The van der Waals surface area contributed by atoms with E-state index in [-0.39, 0.29) is 17.0 Å². The van der Waals surface area contributed by atoms with E-state index >= 15 is 0 Å². The number of morpholine rings is 1. The van der Waals surface area contributed by atoms with E-state index in [1.54, 1.807) is 0 Å². The number of ether oxygens (including phenoxy) is 1. The topological polar surface area (TPSA) is 29.1 Å². The monoisotopic (exact) mass is 378 g/mol. The van der Waals surface area contributed by atoms with Crippen LogP contribution in [0.25, 0.3) is 0 Å². The van der Waals surface area contributed by atoms with E-state index < -0.39 is 0 Å². The highest BCUT2D eigenvalue weighted by Crippen LogP contribution is 2.11. The highest BCUT2D eigenvalue weighted by molar-refractivity contribution is 4.50. The van der Waals surface area contributed by atoms with Crippen LogP contribution in [0, 0.1) is 0 Å². The summed E-state index contributed by atoms with van der Waals surface area (Å²) in [4.78, 5) is 0. The van der Waals surface area contributed by atoms with Crippen molar-refractivity contribution in [3.63, 3.8) is 0 Å². The molecule has 1 rings (SSSR count). The second kappa shape index (κ2) is 17.7. The van der Waals surface area contributed by atoms with Crippen molar-refractivity contribution in [2.45, 2.75) is 84.0 Å². The second-order valence-corrected chi connectivity index (χ2v) is 6.51. The first-order valence-corrected chi connectivity index (χ1v) is 9.58. The lowest BCUT2D eigenvalue weighted by Crippen LogP contribution is -3.00. The minimum Gasteiger partial charge on any atom is -1.00 e. The summed E-state index contributed by atoms with van der Waals surface area (Å²) in [7, 11) is 0. The van der Waals surface area contributed by atoms with E-state index in [4.69, 9.17) is 4.74 Å². The average molecular weight is 379 g/mol. The quantitative estimate of drug-likeness (QED) is 0.352. The lowest BCUT2D eigenvalue weighted by Gasteiger charge is -2.23. The molecule has 0 spiro atoms. The predicted octanol–water partition coefficient (Wildman–Crippen LogP) is 0.502. The van der Waals surface area contributed by atoms with Crippen LogP contribution >= 0.6 is 0 Å². The lowest BCUT2D eigenvalue weighted by atomic mass is 10.1. The minimum atomic E-state index is 0. The Morgan fingerprint density at radius 3 is 1.68 bits per heavy atom. The molecule has 3 nitrogen and oxygen atoms in total. The van der Waals surface area contributed by atoms with Gasteiger partial charge in [0.05, 0.1) is 32.8 Å². The van der Waals surface area contributed by atoms with Crippen LogP contribution in [0.2, 0.25) is 0 Å². The Bertz CT molecular complexity index is 211. The van der Waals surface area contributed by atoms with Gasteiger partial charge in [0.15, 0.2) is 0 Å². The van der Waals surface area contributed by atoms with Crippen molar-refractivity contribution < 1.29 is 27.1 Å². The van der Waals surface area contributed by atoms with Gasteiger partial charge in [0.25, 0.3) is 0 Å². The van der Waals surface area contributed by atoms with Gasteiger partial charge in [-0.05, 0) is 12.8 Å². The first-order chi connectivity index (χ1) is 10.4. The normalized spacial score (nSPS) is 15.7. The Hall–Kier alpha value is 0.360. The highest BCUT2D eigenvalue weighted by Gasteiger charge is 2.11. The Morgan fingerprint density at radius 1 is 0.727 bits per heavy atom. The van der Waals surface area contributed by atoms with Crippen molar-refractivity contribution >= 4 is 0 Å². The number of rotatable bonds is 14. The van der Waals surface area contributed by atoms with Gasteiger partial charge in [-0.1, -0.05) is 71.1 Å². The molecule has 22 heavy (non-hydrogen) atoms. The summed E-state index contributed by atoms with van der Waals surface area (Å²) in [5, 5.41) is 2.43. The molecule has 0 aliphatic carbocycles. The number of nitrogens with two attached hydrogens (primary N) is 1. The Balaban J connectivity index is 0.00000441. The molecule has 4 heteroatoms. The van der Waals surface area contributed by atoms with Crippen LogP contribution in [0.15, 0.2) is 0 Å². The van der Waals surface area contributed by atoms with E-state index in [0.29, 0.717) is 0 Å². The summed E-state index contributed by atoms with van der Waals surface area (Å²) in [6.45, 7) is 7.57. The molecule has 0 saturated carbocycles. The fourth-order valence-electron chi connectivity index (χ4n) is 3.02. The van der Waals surface area contributed by atoms with Crippen LogP contribution in [-0.4, -0.2) is 37.9 Å². The van der Waals surface area contributed by atoms with Crippen LogP contribution in [0.3, 0.4) is 0 Å². The number of quaternary nitrogens is 1. The molecule has 0 radical (unpaired) electrons.